The Morgan fingerprint density at radius 3 is 2.50 bits per heavy atom. The van der Waals surface area contributed by atoms with E-state index >= 15 is 0 Å². The second kappa shape index (κ2) is 10.3. The number of pyridine rings is 1. The lowest BCUT2D eigenvalue weighted by Crippen LogP contribution is -2.63. The fraction of sp³-hybridized carbons (Fsp3) is 0.458. The standard InChI is InChI=1S/C24H27Cl3N4O3/c1-2-31(23(33)34)24(14-28-13-18(24)16-3-5-19(26)20(27)11-16)22(32)15-7-9-30(10-8-15)21-6-4-17(25)12-29-21/h3-6,11-12,15,18,28H,2,7-10,13-14H2,1H3,(H,33,34)/t18-,24+/m0/s1. The molecule has 2 aromatic rings. The van der Waals surface area contributed by atoms with Crippen LogP contribution in [0.3, 0.4) is 0 Å². The van der Waals surface area contributed by atoms with Crippen molar-refractivity contribution in [3.63, 3.8) is 0 Å². The van der Waals surface area contributed by atoms with Gasteiger partial charge in [0.05, 0.1) is 15.1 Å². The third-order valence-electron chi connectivity index (χ3n) is 7.02. The molecule has 0 spiro atoms. The summed E-state index contributed by atoms with van der Waals surface area (Å²) >= 11 is 18.4. The van der Waals surface area contributed by atoms with Crippen molar-refractivity contribution in [3.05, 3.63) is 57.2 Å². The van der Waals surface area contributed by atoms with Crippen molar-refractivity contribution >= 4 is 52.5 Å². The molecule has 2 aliphatic heterocycles. The van der Waals surface area contributed by atoms with Crippen LogP contribution in [-0.2, 0) is 4.79 Å². The zero-order chi connectivity index (χ0) is 24.5. The van der Waals surface area contributed by atoms with Crippen molar-refractivity contribution in [2.24, 2.45) is 5.92 Å². The highest BCUT2D eigenvalue weighted by atomic mass is 35.5. The number of piperidine rings is 1. The minimum Gasteiger partial charge on any atom is -0.465 e. The topological polar surface area (TPSA) is 85.8 Å². The van der Waals surface area contributed by atoms with E-state index in [-0.39, 0.29) is 30.7 Å². The Hall–Kier alpha value is -2.06. The molecule has 0 bridgehead atoms. The van der Waals surface area contributed by atoms with Crippen LogP contribution in [0.2, 0.25) is 15.1 Å². The molecule has 10 heteroatoms. The third-order valence-corrected chi connectivity index (χ3v) is 7.99. The monoisotopic (exact) mass is 524 g/mol. The number of nitrogens with one attached hydrogen (secondary N) is 1. The third kappa shape index (κ3) is 4.59. The van der Waals surface area contributed by atoms with Crippen LogP contribution in [0.4, 0.5) is 10.6 Å². The van der Waals surface area contributed by atoms with Crippen LogP contribution >= 0.6 is 34.8 Å². The number of Topliss-reactive ketones (excluding diaryl/α,β-unsaturated/α-hetero) is 1. The molecule has 2 fully saturated rings. The van der Waals surface area contributed by atoms with Gasteiger partial charge >= 0.3 is 6.09 Å². The molecule has 1 amide bonds. The van der Waals surface area contributed by atoms with E-state index in [0.717, 1.165) is 11.4 Å². The Bertz CT molecular complexity index is 1060. The molecule has 0 aliphatic carbocycles. The van der Waals surface area contributed by atoms with Crippen molar-refractivity contribution in [3.8, 4) is 0 Å². The number of hydrogen-bond acceptors (Lipinski definition) is 5. The Labute approximate surface area is 214 Å². The summed E-state index contributed by atoms with van der Waals surface area (Å²) in [4.78, 5) is 34.4. The molecule has 34 heavy (non-hydrogen) atoms. The van der Waals surface area contributed by atoms with Gasteiger partial charge in [0.1, 0.15) is 11.4 Å². The second-order valence-corrected chi connectivity index (χ2v) is 10.0. The summed E-state index contributed by atoms with van der Waals surface area (Å²) in [5.41, 5.74) is -0.418. The van der Waals surface area contributed by atoms with Gasteiger partial charge in [0.2, 0.25) is 0 Å². The maximum Gasteiger partial charge on any atom is 0.408 e. The number of benzene rings is 1. The lowest BCUT2D eigenvalue weighted by atomic mass is 9.71. The number of carbonyl (C=O) groups excluding carboxylic acids is 1. The molecule has 2 atom stereocenters. The van der Waals surface area contributed by atoms with Gasteiger partial charge in [-0.3, -0.25) is 9.69 Å². The van der Waals surface area contributed by atoms with Crippen LogP contribution < -0.4 is 10.2 Å². The van der Waals surface area contributed by atoms with Gasteiger partial charge in [-0.1, -0.05) is 40.9 Å². The molecule has 2 saturated heterocycles. The first kappa shape index (κ1) is 25.0. The number of likely N-dealkylation sites (N-methyl/N-ethyl adjacent to an activating group) is 1. The molecule has 1 aromatic heterocycles. The molecule has 7 nitrogen and oxygen atoms in total. The molecular formula is C24H27Cl3N4O3. The lowest BCUT2D eigenvalue weighted by molar-refractivity contribution is -0.135. The summed E-state index contributed by atoms with van der Waals surface area (Å²) in [6, 6.07) is 8.94. The fourth-order valence-electron chi connectivity index (χ4n) is 5.36. The quantitative estimate of drug-likeness (QED) is 0.555. The van der Waals surface area contributed by atoms with Gasteiger partial charge in [-0.25, -0.2) is 9.78 Å². The normalized spacial score (nSPS) is 23.2. The summed E-state index contributed by atoms with van der Waals surface area (Å²) in [5, 5.41) is 14.8. The molecule has 2 N–H and O–H groups in total. The number of carbonyl (C=O) groups is 2. The SMILES string of the molecule is CCN(C(=O)O)[C@]1(C(=O)C2CCN(c3ccc(Cl)cn3)CC2)CNC[C@H]1c1ccc(Cl)c(Cl)c1. The van der Waals surface area contributed by atoms with Crippen LogP contribution in [0.5, 0.6) is 0 Å². The average molecular weight is 526 g/mol. The first-order valence-electron chi connectivity index (χ1n) is 11.3. The van der Waals surface area contributed by atoms with E-state index < -0.39 is 11.6 Å². The number of amides is 1. The summed E-state index contributed by atoms with van der Waals surface area (Å²) in [6.07, 6.45) is 1.75. The van der Waals surface area contributed by atoms with Crippen LogP contribution in [0, 0.1) is 5.92 Å². The summed E-state index contributed by atoms with van der Waals surface area (Å²) < 4.78 is 0. The van der Waals surface area contributed by atoms with Crippen molar-refractivity contribution in [2.75, 3.05) is 37.6 Å². The molecule has 0 saturated carbocycles. The first-order valence-corrected chi connectivity index (χ1v) is 12.5. The molecule has 3 heterocycles. The van der Waals surface area contributed by atoms with Crippen LogP contribution in [0.1, 0.15) is 31.2 Å². The summed E-state index contributed by atoms with van der Waals surface area (Å²) in [6.45, 7) is 4.02. The van der Waals surface area contributed by atoms with E-state index in [1.807, 2.05) is 12.1 Å². The van der Waals surface area contributed by atoms with Crippen LogP contribution in [0.25, 0.3) is 0 Å². The minimum absolute atomic E-state index is 0.0402. The molecule has 1 aromatic carbocycles. The number of nitrogens with zero attached hydrogens (tertiary/aromatic N) is 3. The number of rotatable bonds is 6. The molecule has 4 rings (SSSR count). The molecule has 0 radical (unpaired) electrons. The highest BCUT2D eigenvalue weighted by Gasteiger charge is 2.56. The van der Waals surface area contributed by atoms with Crippen molar-refractivity contribution in [1.29, 1.82) is 0 Å². The van der Waals surface area contributed by atoms with Crippen molar-refractivity contribution in [1.82, 2.24) is 15.2 Å². The highest BCUT2D eigenvalue weighted by Crippen LogP contribution is 2.42. The van der Waals surface area contributed by atoms with Gasteiger partial charge in [0, 0.05) is 50.8 Å². The molecule has 0 unspecified atom stereocenters. The zero-order valence-corrected chi connectivity index (χ0v) is 21.1. The largest absolute Gasteiger partial charge is 0.465 e. The highest BCUT2D eigenvalue weighted by molar-refractivity contribution is 6.42. The number of carboxylic acid groups (broad SMARTS) is 1. The Morgan fingerprint density at radius 1 is 1.18 bits per heavy atom. The zero-order valence-electron chi connectivity index (χ0n) is 18.8. The first-order chi connectivity index (χ1) is 16.3. The van der Waals surface area contributed by atoms with E-state index in [4.69, 9.17) is 34.8 Å². The van der Waals surface area contributed by atoms with Gasteiger partial charge in [-0.2, -0.15) is 0 Å². The summed E-state index contributed by atoms with van der Waals surface area (Å²) in [5.74, 6) is 0.146. The van der Waals surface area contributed by atoms with Gasteiger partial charge < -0.3 is 15.3 Å². The Balaban J connectivity index is 1.63. The second-order valence-electron chi connectivity index (χ2n) is 8.77. The maximum absolute atomic E-state index is 14.2. The minimum atomic E-state index is -1.22. The predicted molar refractivity (Wildman–Crippen MR) is 134 cm³/mol. The number of hydrogen-bond donors (Lipinski definition) is 2. The summed E-state index contributed by atoms with van der Waals surface area (Å²) in [7, 11) is 0. The van der Waals surface area contributed by atoms with E-state index in [9.17, 15) is 14.7 Å². The van der Waals surface area contributed by atoms with Gasteiger partial charge in [-0.15, -0.1) is 0 Å². The predicted octanol–water partition coefficient (Wildman–Crippen LogP) is 4.95. The lowest BCUT2D eigenvalue weighted by Gasteiger charge is -2.45. The number of aromatic nitrogens is 1. The maximum atomic E-state index is 14.2. The number of anilines is 1. The average Bonchev–Trinajstić information content (AvgIpc) is 3.27. The molecular weight excluding hydrogens is 499 g/mol. The smallest absolute Gasteiger partial charge is 0.408 e. The Kier molecular flexibility index (Phi) is 7.57. The number of ketones is 1. The molecule has 182 valence electrons. The van der Waals surface area contributed by atoms with Crippen LogP contribution in [-0.4, -0.2) is 65.1 Å². The fourth-order valence-corrected chi connectivity index (χ4v) is 5.78. The van der Waals surface area contributed by atoms with Crippen molar-refractivity contribution in [2.45, 2.75) is 31.2 Å². The number of halogens is 3. The van der Waals surface area contributed by atoms with Crippen molar-refractivity contribution < 1.29 is 14.7 Å². The van der Waals surface area contributed by atoms with E-state index in [0.29, 0.717) is 47.5 Å². The van der Waals surface area contributed by atoms with Gasteiger partial charge in [0.15, 0.2) is 5.78 Å². The van der Waals surface area contributed by atoms with Gasteiger partial charge in [-0.05, 0) is 49.6 Å². The van der Waals surface area contributed by atoms with E-state index in [1.165, 1.54) is 4.90 Å². The molecule has 2 aliphatic rings. The van der Waals surface area contributed by atoms with E-state index in [2.05, 4.69) is 15.2 Å². The Morgan fingerprint density at radius 2 is 1.91 bits per heavy atom. The van der Waals surface area contributed by atoms with Crippen LogP contribution in [0.15, 0.2) is 36.5 Å². The van der Waals surface area contributed by atoms with E-state index in [1.54, 1.807) is 31.3 Å². The van der Waals surface area contributed by atoms with Gasteiger partial charge in [0.25, 0.3) is 0 Å².